The van der Waals surface area contributed by atoms with E-state index in [4.69, 9.17) is 20.3 Å². The molecule has 6 heteroatoms. The molecule has 0 aromatic heterocycles. The average molecular weight is 365 g/mol. The quantitative estimate of drug-likeness (QED) is 0.592. The molecule has 1 aromatic carbocycles. The van der Waals surface area contributed by atoms with Crippen LogP contribution in [0.5, 0.6) is 11.5 Å². The van der Waals surface area contributed by atoms with E-state index in [2.05, 4.69) is 0 Å². The van der Waals surface area contributed by atoms with Gasteiger partial charge in [-0.25, -0.2) is 0 Å². The predicted molar refractivity (Wildman–Crippen MR) is 101 cm³/mol. The molecule has 0 radical (unpaired) electrons. The number of carboxylic acid groups (broad SMARTS) is 1. The van der Waals surface area contributed by atoms with E-state index in [1.54, 1.807) is 7.11 Å². The van der Waals surface area contributed by atoms with Crippen LogP contribution < -0.4 is 15.2 Å². The molecule has 0 saturated heterocycles. The summed E-state index contributed by atoms with van der Waals surface area (Å²) in [4.78, 5) is 23.2. The summed E-state index contributed by atoms with van der Waals surface area (Å²) < 4.78 is 11.1. The van der Waals surface area contributed by atoms with Gasteiger partial charge in [-0.05, 0) is 29.4 Å². The Morgan fingerprint density at radius 1 is 1.08 bits per heavy atom. The van der Waals surface area contributed by atoms with Crippen molar-refractivity contribution in [1.82, 2.24) is 0 Å². The first-order chi connectivity index (χ1) is 11.8. The molecule has 0 spiro atoms. The number of rotatable bonds is 6. The van der Waals surface area contributed by atoms with E-state index in [1.165, 1.54) is 0 Å². The lowest BCUT2D eigenvalue weighted by Crippen LogP contribution is -2.31. The number of nitrogens with two attached hydrogens (primary N) is 1. The molecule has 1 atom stereocenters. The molecular formula is C20H31NO5. The van der Waals surface area contributed by atoms with E-state index in [0.29, 0.717) is 11.5 Å². The number of carbonyl (C=O) groups is 2. The van der Waals surface area contributed by atoms with Gasteiger partial charge in [-0.3, -0.25) is 9.59 Å². The number of carbonyl (C=O) groups excluding carboxylic acids is 1. The maximum Gasteiger partial charge on any atom is 0.320 e. The SMILES string of the molecule is COc1cc(C(C)(C)C)c(OC(=O)CC[C@H](N)C(=O)O)c(C(C)(C)C)c1. The Hall–Kier alpha value is -2.08. The standard InChI is InChI=1S/C20H31NO5/c1-19(2,3)13-10-12(25-7)11-14(20(4,5)6)17(13)26-16(22)9-8-15(21)18(23)24/h10-11,15H,8-9,21H2,1-7H3,(H,23,24)/t15-/m0/s1. The first-order valence-electron chi connectivity index (χ1n) is 8.69. The molecule has 0 aliphatic carbocycles. The molecule has 0 heterocycles. The lowest BCUT2D eigenvalue weighted by Gasteiger charge is -2.29. The van der Waals surface area contributed by atoms with Crippen LogP contribution in [0.4, 0.5) is 0 Å². The van der Waals surface area contributed by atoms with Gasteiger partial charge in [-0.2, -0.15) is 0 Å². The van der Waals surface area contributed by atoms with Crippen molar-refractivity contribution < 1.29 is 24.2 Å². The van der Waals surface area contributed by atoms with Crippen LogP contribution in [0.3, 0.4) is 0 Å². The first kappa shape index (κ1) is 22.0. The summed E-state index contributed by atoms with van der Waals surface area (Å²) in [6, 6.07) is 2.67. The molecule has 1 rings (SSSR count). The van der Waals surface area contributed by atoms with Gasteiger partial charge < -0.3 is 20.3 Å². The molecule has 26 heavy (non-hydrogen) atoms. The Morgan fingerprint density at radius 2 is 1.54 bits per heavy atom. The zero-order valence-corrected chi connectivity index (χ0v) is 16.8. The Labute approximate surface area is 155 Å². The van der Waals surface area contributed by atoms with Crippen LogP contribution in [0.15, 0.2) is 12.1 Å². The monoisotopic (exact) mass is 365 g/mol. The molecule has 0 saturated carbocycles. The van der Waals surface area contributed by atoms with E-state index in [9.17, 15) is 9.59 Å². The van der Waals surface area contributed by atoms with Crippen LogP contribution >= 0.6 is 0 Å². The van der Waals surface area contributed by atoms with E-state index >= 15 is 0 Å². The van der Waals surface area contributed by atoms with Gasteiger partial charge in [0, 0.05) is 17.5 Å². The highest BCUT2D eigenvalue weighted by Crippen LogP contribution is 2.42. The zero-order chi connectivity index (χ0) is 20.3. The highest BCUT2D eigenvalue weighted by atomic mass is 16.5. The number of benzene rings is 1. The van der Waals surface area contributed by atoms with Crippen molar-refractivity contribution in [3.8, 4) is 11.5 Å². The summed E-state index contributed by atoms with van der Waals surface area (Å²) in [7, 11) is 1.60. The van der Waals surface area contributed by atoms with Gasteiger partial charge in [0.25, 0.3) is 0 Å². The summed E-state index contributed by atoms with van der Waals surface area (Å²) in [6.07, 6.45) is -0.0350. The number of carboxylic acids is 1. The second-order valence-electron chi connectivity index (χ2n) is 8.51. The van der Waals surface area contributed by atoms with Gasteiger partial charge in [-0.15, -0.1) is 0 Å². The van der Waals surface area contributed by atoms with Crippen molar-refractivity contribution in [2.24, 2.45) is 5.73 Å². The molecule has 1 aromatic rings. The van der Waals surface area contributed by atoms with Crippen molar-refractivity contribution in [3.63, 3.8) is 0 Å². The molecule has 0 aliphatic rings. The van der Waals surface area contributed by atoms with Crippen molar-refractivity contribution in [3.05, 3.63) is 23.3 Å². The molecule has 3 N–H and O–H groups in total. The number of aliphatic carboxylic acids is 1. The van der Waals surface area contributed by atoms with Crippen LogP contribution in [0.25, 0.3) is 0 Å². The lowest BCUT2D eigenvalue weighted by atomic mass is 9.79. The average Bonchev–Trinajstić information content (AvgIpc) is 2.50. The van der Waals surface area contributed by atoms with E-state index in [0.717, 1.165) is 11.1 Å². The van der Waals surface area contributed by atoms with Gasteiger partial charge in [-0.1, -0.05) is 41.5 Å². The minimum absolute atomic E-state index is 0.0278. The lowest BCUT2D eigenvalue weighted by molar-refractivity contribution is -0.139. The normalized spacial score (nSPS) is 13.2. The maximum absolute atomic E-state index is 12.4. The third kappa shape index (κ3) is 5.73. The third-order valence-electron chi connectivity index (χ3n) is 4.11. The summed E-state index contributed by atoms with van der Waals surface area (Å²) in [6.45, 7) is 12.2. The van der Waals surface area contributed by atoms with E-state index in [1.807, 2.05) is 53.7 Å². The molecule has 0 bridgehead atoms. The first-order valence-corrected chi connectivity index (χ1v) is 8.69. The van der Waals surface area contributed by atoms with Crippen LogP contribution in [-0.4, -0.2) is 30.2 Å². The molecular weight excluding hydrogens is 334 g/mol. The minimum Gasteiger partial charge on any atom is -0.497 e. The van der Waals surface area contributed by atoms with Crippen LogP contribution in [-0.2, 0) is 20.4 Å². The third-order valence-corrected chi connectivity index (χ3v) is 4.11. The smallest absolute Gasteiger partial charge is 0.320 e. The fourth-order valence-corrected chi connectivity index (χ4v) is 2.51. The summed E-state index contributed by atoms with van der Waals surface area (Å²) >= 11 is 0. The summed E-state index contributed by atoms with van der Waals surface area (Å²) in [5, 5.41) is 8.85. The number of hydrogen-bond donors (Lipinski definition) is 2. The Balaban J connectivity index is 3.30. The topological polar surface area (TPSA) is 98.9 Å². The van der Waals surface area contributed by atoms with Crippen LogP contribution in [0.1, 0.15) is 65.5 Å². The molecule has 0 amide bonds. The van der Waals surface area contributed by atoms with Gasteiger partial charge in [0.05, 0.1) is 7.11 Å². The largest absolute Gasteiger partial charge is 0.497 e. The Bertz CT molecular complexity index is 633. The van der Waals surface area contributed by atoms with E-state index in [-0.39, 0.29) is 23.7 Å². The maximum atomic E-state index is 12.4. The summed E-state index contributed by atoms with van der Waals surface area (Å²) in [5.41, 5.74) is 6.64. The highest BCUT2D eigenvalue weighted by molar-refractivity contribution is 5.77. The Morgan fingerprint density at radius 3 is 1.88 bits per heavy atom. The van der Waals surface area contributed by atoms with Crippen LogP contribution in [0, 0.1) is 0 Å². The molecule has 0 aliphatic heterocycles. The molecule has 0 fully saturated rings. The van der Waals surface area contributed by atoms with Gasteiger partial charge >= 0.3 is 11.9 Å². The second-order valence-corrected chi connectivity index (χ2v) is 8.51. The zero-order valence-electron chi connectivity index (χ0n) is 16.8. The number of methoxy groups -OCH3 is 1. The van der Waals surface area contributed by atoms with Gasteiger partial charge in [0.15, 0.2) is 0 Å². The predicted octanol–water partition coefficient (Wildman–Crippen LogP) is 3.39. The van der Waals surface area contributed by atoms with Crippen molar-refractivity contribution in [2.75, 3.05) is 7.11 Å². The fraction of sp³-hybridized carbons (Fsp3) is 0.600. The van der Waals surface area contributed by atoms with Gasteiger partial charge in [0.2, 0.25) is 0 Å². The minimum atomic E-state index is -1.13. The Kier molecular flexibility index (Phi) is 6.82. The molecule has 0 unspecified atom stereocenters. The fourth-order valence-electron chi connectivity index (χ4n) is 2.51. The van der Waals surface area contributed by atoms with E-state index < -0.39 is 18.0 Å². The number of ether oxygens (including phenoxy) is 2. The van der Waals surface area contributed by atoms with Crippen LogP contribution in [0.2, 0.25) is 0 Å². The van der Waals surface area contributed by atoms with Crippen molar-refractivity contribution in [2.45, 2.75) is 71.3 Å². The summed E-state index contributed by atoms with van der Waals surface area (Å²) in [5.74, 6) is -0.414. The van der Waals surface area contributed by atoms with Gasteiger partial charge in [0.1, 0.15) is 17.5 Å². The highest BCUT2D eigenvalue weighted by Gasteiger charge is 2.29. The molecule has 6 nitrogen and oxygen atoms in total. The van der Waals surface area contributed by atoms with Crippen molar-refractivity contribution in [1.29, 1.82) is 0 Å². The number of hydrogen-bond acceptors (Lipinski definition) is 5. The number of esters is 1. The second kappa shape index (κ2) is 8.08. The molecule has 146 valence electrons. The van der Waals surface area contributed by atoms with Crippen molar-refractivity contribution >= 4 is 11.9 Å².